The minimum Gasteiger partial charge on any atom is -0.453 e. The maximum atomic E-state index is 11.6. The van der Waals surface area contributed by atoms with E-state index in [2.05, 4.69) is 4.57 Å². The van der Waals surface area contributed by atoms with Crippen LogP contribution in [0.1, 0.15) is 42.1 Å². The number of hydrogen-bond acceptors (Lipinski definition) is 5. The molecule has 2 aromatic heterocycles. The van der Waals surface area contributed by atoms with Crippen LogP contribution in [0.3, 0.4) is 0 Å². The molecule has 8 nitrogen and oxygen atoms in total. The van der Waals surface area contributed by atoms with Crippen molar-refractivity contribution in [3.63, 3.8) is 0 Å². The predicted molar refractivity (Wildman–Crippen MR) is 116 cm³/mol. The Kier molecular flexibility index (Phi) is 4.54. The minimum atomic E-state index is -0.504. The zero-order valence-corrected chi connectivity index (χ0v) is 16.7. The summed E-state index contributed by atoms with van der Waals surface area (Å²) in [6.45, 7) is 0. The van der Waals surface area contributed by atoms with Crippen LogP contribution in [0.2, 0.25) is 0 Å². The number of para-hydroxylation sites is 1. The van der Waals surface area contributed by atoms with Crippen molar-refractivity contribution in [3.05, 3.63) is 70.3 Å². The van der Waals surface area contributed by atoms with Gasteiger partial charge in [-0.2, -0.15) is 0 Å². The third kappa shape index (κ3) is 3.26. The van der Waals surface area contributed by atoms with E-state index >= 15 is 0 Å². The van der Waals surface area contributed by atoms with Crippen LogP contribution in [0.5, 0.6) is 0 Å². The fraction of sp³-hybridized carbons (Fsp3) is 0.217. The largest absolute Gasteiger partial charge is 0.453 e. The van der Waals surface area contributed by atoms with Gasteiger partial charge in [-0.3, -0.25) is 14.9 Å². The highest BCUT2D eigenvalue weighted by Crippen LogP contribution is 2.39. The molecule has 4 aromatic rings. The standard InChI is InChI=1S/C23H20N4O4/c24-22(28)14-9-10-19-17(13-14)25-23(26(19)15-5-1-2-6-15)21-12-11-20(31-21)16-7-3-4-8-18(16)27(29)30/h3-4,7-13,15H,1-2,5-6H2,(H2,24,28). The Bertz CT molecular complexity index is 1310. The SMILES string of the molecule is NC(=O)c1ccc2c(c1)nc(-c1ccc(-c3ccccc3[N+](=O)[O-])o1)n2C1CCCC1. The molecular weight excluding hydrogens is 396 g/mol. The van der Waals surface area contributed by atoms with Crippen molar-refractivity contribution >= 4 is 22.6 Å². The van der Waals surface area contributed by atoms with Crippen molar-refractivity contribution in [3.8, 4) is 22.9 Å². The van der Waals surface area contributed by atoms with Crippen molar-refractivity contribution in [1.29, 1.82) is 0 Å². The number of carbonyl (C=O) groups excluding carboxylic acids is 1. The van der Waals surface area contributed by atoms with Crippen molar-refractivity contribution < 1.29 is 14.1 Å². The van der Waals surface area contributed by atoms with Gasteiger partial charge in [-0.05, 0) is 49.2 Å². The van der Waals surface area contributed by atoms with Gasteiger partial charge in [0.25, 0.3) is 5.69 Å². The van der Waals surface area contributed by atoms with Gasteiger partial charge >= 0.3 is 0 Å². The van der Waals surface area contributed by atoms with Crippen LogP contribution in [0.4, 0.5) is 5.69 Å². The second-order valence-electron chi connectivity index (χ2n) is 7.75. The summed E-state index contributed by atoms with van der Waals surface area (Å²) in [4.78, 5) is 27.4. The molecule has 1 aliphatic rings. The van der Waals surface area contributed by atoms with Gasteiger partial charge in [0.05, 0.1) is 21.5 Å². The molecule has 2 aromatic carbocycles. The monoisotopic (exact) mass is 416 g/mol. The molecule has 1 amide bonds. The smallest absolute Gasteiger partial charge is 0.280 e. The highest BCUT2D eigenvalue weighted by Gasteiger charge is 2.26. The number of amides is 1. The number of nitrogens with zero attached hydrogens (tertiary/aromatic N) is 3. The number of nitrogens with two attached hydrogens (primary N) is 1. The Balaban J connectivity index is 1.66. The van der Waals surface area contributed by atoms with Gasteiger partial charge < -0.3 is 14.7 Å². The van der Waals surface area contributed by atoms with E-state index < -0.39 is 10.8 Å². The zero-order valence-electron chi connectivity index (χ0n) is 16.7. The van der Waals surface area contributed by atoms with E-state index in [4.69, 9.17) is 15.1 Å². The van der Waals surface area contributed by atoms with Crippen molar-refractivity contribution in [2.75, 3.05) is 0 Å². The number of rotatable bonds is 5. The molecule has 5 rings (SSSR count). The summed E-state index contributed by atoms with van der Waals surface area (Å²) >= 11 is 0. The van der Waals surface area contributed by atoms with Crippen LogP contribution in [-0.4, -0.2) is 20.4 Å². The van der Waals surface area contributed by atoms with Crippen LogP contribution >= 0.6 is 0 Å². The maximum Gasteiger partial charge on any atom is 0.280 e. The first-order valence-corrected chi connectivity index (χ1v) is 10.2. The first-order chi connectivity index (χ1) is 15.0. The normalized spacial score (nSPS) is 14.3. The number of hydrogen-bond donors (Lipinski definition) is 1. The Labute approximate surface area is 177 Å². The molecule has 0 saturated heterocycles. The molecule has 1 aliphatic carbocycles. The quantitative estimate of drug-likeness (QED) is 0.359. The van der Waals surface area contributed by atoms with Crippen molar-refractivity contribution in [2.24, 2.45) is 5.73 Å². The van der Waals surface area contributed by atoms with Gasteiger partial charge in [-0.25, -0.2) is 4.98 Å². The summed E-state index contributed by atoms with van der Waals surface area (Å²) in [5.74, 6) is 1.07. The van der Waals surface area contributed by atoms with E-state index in [1.165, 1.54) is 6.07 Å². The average Bonchev–Trinajstić information content (AvgIpc) is 3.51. The molecule has 156 valence electrons. The molecular formula is C23H20N4O4. The van der Waals surface area contributed by atoms with E-state index in [1.54, 1.807) is 42.5 Å². The van der Waals surface area contributed by atoms with Gasteiger partial charge in [0, 0.05) is 17.7 Å². The van der Waals surface area contributed by atoms with Gasteiger partial charge in [0.2, 0.25) is 5.91 Å². The topological polar surface area (TPSA) is 117 Å². The lowest BCUT2D eigenvalue weighted by Gasteiger charge is -2.15. The average molecular weight is 416 g/mol. The molecule has 1 saturated carbocycles. The fourth-order valence-electron chi connectivity index (χ4n) is 4.40. The molecule has 0 aliphatic heterocycles. The van der Waals surface area contributed by atoms with Crippen LogP contribution in [-0.2, 0) is 0 Å². The van der Waals surface area contributed by atoms with Gasteiger partial charge in [0.1, 0.15) is 5.76 Å². The molecule has 0 atom stereocenters. The van der Waals surface area contributed by atoms with Crippen LogP contribution in [0.25, 0.3) is 33.9 Å². The number of imidazole rings is 1. The highest BCUT2D eigenvalue weighted by atomic mass is 16.6. The molecule has 0 unspecified atom stereocenters. The summed E-state index contributed by atoms with van der Waals surface area (Å²) in [6.07, 6.45) is 4.35. The Hall–Kier alpha value is -3.94. The predicted octanol–water partition coefficient (Wildman–Crippen LogP) is 5.09. The number of aromatic nitrogens is 2. The van der Waals surface area contributed by atoms with Gasteiger partial charge in [-0.15, -0.1) is 0 Å². The van der Waals surface area contributed by atoms with Crippen molar-refractivity contribution in [1.82, 2.24) is 9.55 Å². The number of benzene rings is 2. The molecule has 0 bridgehead atoms. The van der Waals surface area contributed by atoms with Crippen LogP contribution in [0, 0.1) is 10.1 Å². The fourth-order valence-corrected chi connectivity index (χ4v) is 4.40. The molecule has 2 N–H and O–H groups in total. The molecule has 2 heterocycles. The number of primary amides is 1. The van der Waals surface area contributed by atoms with Gasteiger partial charge in [0.15, 0.2) is 11.6 Å². The first kappa shape index (κ1) is 19.0. The second-order valence-corrected chi connectivity index (χ2v) is 7.75. The third-order valence-corrected chi connectivity index (χ3v) is 5.86. The molecule has 0 radical (unpaired) electrons. The Morgan fingerprint density at radius 3 is 2.58 bits per heavy atom. The molecule has 31 heavy (non-hydrogen) atoms. The maximum absolute atomic E-state index is 11.6. The van der Waals surface area contributed by atoms with Crippen LogP contribution in [0.15, 0.2) is 59.0 Å². The first-order valence-electron chi connectivity index (χ1n) is 10.2. The minimum absolute atomic E-state index is 0.0150. The third-order valence-electron chi connectivity index (χ3n) is 5.86. The lowest BCUT2D eigenvalue weighted by atomic mass is 10.1. The Morgan fingerprint density at radius 2 is 1.84 bits per heavy atom. The van der Waals surface area contributed by atoms with Gasteiger partial charge in [-0.1, -0.05) is 25.0 Å². The summed E-state index contributed by atoms with van der Waals surface area (Å²) in [5, 5.41) is 11.4. The highest BCUT2D eigenvalue weighted by molar-refractivity contribution is 5.96. The van der Waals surface area contributed by atoms with Crippen LogP contribution < -0.4 is 5.73 Å². The lowest BCUT2D eigenvalue weighted by Crippen LogP contribution is -2.10. The molecule has 8 heteroatoms. The van der Waals surface area contributed by atoms with Crippen molar-refractivity contribution in [2.45, 2.75) is 31.7 Å². The van der Waals surface area contributed by atoms with E-state index in [9.17, 15) is 14.9 Å². The van der Waals surface area contributed by atoms with E-state index in [0.29, 0.717) is 34.0 Å². The number of carbonyl (C=O) groups is 1. The van der Waals surface area contributed by atoms with E-state index in [0.717, 1.165) is 31.2 Å². The Morgan fingerprint density at radius 1 is 1.10 bits per heavy atom. The summed E-state index contributed by atoms with van der Waals surface area (Å²) < 4.78 is 8.24. The zero-order chi connectivity index (χ0) is 21.5. The lowest BCUT2D eigenvalue weighted by molar-refractivity contribution is -0.384. The second kappa shape index (κ2) is 7.39. The number of nitro groups is 1. The summed E-state index contributed by atoms with van der Waals surface area (Å²) in [6, 6.07) is 15.6. The summed E-state index contributed by atoms with van der Waals surface area (Å²) in [5.41, 5.74) is 7.82. The number of furan rings is 1. The number of nitro benzene ring substituents is 1. The molecule has 1 fully saturated rings. The summed E-state index contributed by atoms with van der Waals surface area (Å²) in [7, 11) is 0. The number of fused-ring (bicyclic) bond motifs is 1. The van der Waals surface area contributed by atoms with E-state index in [1.807, 2.05) is 6.07 Å². The van der Waals surface area contributed by atoms with E-state index in [-0.39, 0.29) is 11.7 Å². The molecule has 0 spiro atoms.